The van der Waals surface area contributed by atoms with E-state index in [0.29, 0.717) is 6.42 Å². The van der Waals surface area contributed by atoms with Gasteiger partial charge in [0, 0.05) is 25.4 Å². The molecule has 3 nitrogen and oxygen atoms in total. The first-order chi connectivity index (χ1) is 4.75. The summed E-state index contributed by atoms with van der Waals surface area (Å²) in [7, 11) is 0. The first-order valence-electron chi connectivity index (χ1n) is 3.67. The van der Waals surface area contributed by atoms with Crippen LogP contribution >= 0.6 is 0 Å². The Morgan fingerprint density at radius 1 is 1.80 bits per heavy atom. The van der Waals surface area contributed by atoms with E-state index in [4.69, 9.17) is 0 Å². The van der Waals surface area contributed by atoms with E-state index in [1.54, 1.807) is 6.92 Å². The van der Waals surface area contributed by atoms with Gasteiger partial charge in [0.1, 0.15) is 6.10 Å². The van der Waals surface area contributed by atoms with Gasteiger partial charge in [-0.3, -0.25) is 4.79 Å². The van der Waals surface area contributed by atoms with E-state index in [1.807, 2.05) is 0 Å². The zero-order chi connectivity index (χ0) is 7.56. The van der Waals surface area contributed by atoms with Crippen molar-refractivity contribution in [2.45, 2.75) is 19.4 Å². The van der Waals surface area contributed by atoms with Crippen molar-refractivity contribution >= 4 is 5.78 Å². The molecule has 1 aliphatic rings. The molecule has 0 spiro atoms. The van der Waals surface area contributed by atoms with Crippen molar-refractivity contribution in [2.24, 2.45) is 5.92 Å². The maximum Gasteiger partial charge on any atom is 0.161 e. The predicted molar refractivity (Wildman–Crippen MR) is 37.7 cm³/mol. The van der Waals surface area contributed by atoms with Crippen LogP contribution in [0, 0.1) is 5.92 Å². The topological polar surface area (TPSA) is 49.3 Å². The highest BCUT2D eigenvalue weighted by molar-refractivity contribution is 5.82. The second-order valence-corrected chi connectivity index (χ2v) is 2.68. The monoisotopic (exact) mass is 143 g/mol. The third-order valence-corrected chi connectivity index (χ3v) is 1.94. The molecule has 1 saturated heterocycles. The van der Waals surface area contributed by atoms with Crippen molar-refractivity contribution in [2.75, 3.05) is 13.1 Å². The Hall–Kier alpha value is -0.410. The van der Waals surface area contributed by atoms with E-state index in [1.165, 1.54) is 0 Å². The third-order valence-electron chi connectivity index (χ3n) is 1.94. The van der Waals surface area contributed by atoms with Crippen molar-refractivity contribution in [3.63, 3.8) is 0 Å². The van der Waals surface area contributed by atoms with Gasteiger partial charge in [-0.2, -0.15) is 0 Å². The molecular weight excluding hydrogens is 130 g/mol. The summed E-state index contributed by atoms with van der Waals surface area (Å²) in [5, 5.41) is 12.3. The summed E-state index contributed by atoms with van der Waals surface area (Å²) in [6, 6.07) is 0. The molecule has 1 heterocycles. The maximum absolute atomic E-state index is 10.9. The Bertz CT molecular complexity index is 132. The van der Waals surface area contributed by atoms with Crippen LogP contribution in [0.1, 0.15) is 13.3 Å². The Kier molecular flexibility index (Phi) is 2.40. The van der Waals surface area contributed by atoms with Gasteiger partial charge in [-0.1, -0.05) is 6.92 Å². The van der Waals surface area contributed by atoms with Gasteiger partial charge in [-0.05, 0) is 0 Å². The number of nitrogens with one attached hydrogen (secondary N) is 1. The van der Waals surface area contributed by atoms with Gasteiger partial charge >= 0.3 is 0 Å². The predicted octanol–water partition coefficient (Wildman–Crippen LogP) is -0.454. The van der Waals surface area contributed by atoms with Crippen LogP contribution in [0.15, 0.2) is 0 Å². The van der Waals surface area contributed by atoms with E-state index in [0.717, 1.165) is 13.1 Å². The molecule has 1 rings (SSSR count). The zero-order valence-electron chi connectivity index (χ0n) is 6.13. The van der Waals surface area contributed by atoms with Crippen LogP contribution in [0.4, 0.5) is 0 Å². The molecule has 0 aromatic heterocycles. The van der Waals surface area contributed by atoms with E-state index in [-0.39, 0.29) is 11.7 Å². The number of aliphatic hydroxyl groups excluding tert-OH is 1. The first kappa shape index (κ1) is 7.69. The minimum Gasteiger partial charge on any atom is -0.385 e. The summed E-state index contributed by atoms with van der Waals surface area (Å²) < 4.78 is 0. The number of rotatable bonds is 3. The summed E-state index contributed by atoms with van der Waals surface area (Å²) in [6.07, 6.45) is -0.274. The van der Waals surface area contributed by atoms with Crippen LogP contribution < -0.4 is 5.32 Å². The van der Waals surface area contributed by atoms with Gasteiger partial charge in [0.25, 0.3) is 0 Å². The van der Waals surface area contributed by atoms with Gasteiger partial charge in [0.15, 0.2) is 5.78 Å². The highest BCUT2D eigenvalue weighted by Crippen LogP contribution is 2.10. The number of aliphatic hydroxyl groups is 1. The summed E-state index contributed by atoms with van der Waals surface area (Å²) in [5.41, 5.74) is 0. The Labute approximate surface area is 60.4 Å². The van der Waals surface area contributed by atoms with Crippen LogP contribution in [-0.4, -0.2) is 30.1 Å². The quantitative estimate of drug-likeness (QED) is 0.562. The third kappa shape index (κ3) is 1.36. The van der Waals surface area contributed by atoms with Gasteiger partial charge in [-0.15, -0.1) is 0 Å². The molecule has 0 amide bonds. The van der Waals surface area contributed by atoms with E-state index >= 15 is 0 Å². The molecule has 3 heteroatoms. The first-order valence-corrected chi connectivity index (χ1v) is 3.67. The lowest BCUT2D eigenvalue weighted by molar-refractivity contribution is -0.130. The lowest BCUT2D eigenvalue weighted by atomic mass is 9.93. The molecule has 1 aliphatic heterocycles. The zero-order valence-corrected chi connectivity index (χ0v) is 6.13. The lowest BCUT2D eigenvalue weighted by Gasteiger charge is -2.30. The molecule has 1 fully saturated rings. The lowest BCUT2D eigenvalue weighted by Crippen LogP contribution is -2.50. The van der Waals surface area contributed by atoms with Crippen LogP contribution in [0.2, 0.25) is 0 Å². The number of ketones is 1. The summed E-state index contributed by atoms with van der Waals surface area (Å²) in [6.45, 7) is 3.34. The Balaban J connectivity index is 2.31. The number of hydrogen-bond donors (Lipinski definition) is 2. The molecule has 58 valence electrons. The maximum atomic E-state index is 10.9. The fourth-order valence-electron chi connectivity index (χ4n) is 1.01. The largest absolute Gasteiger partial charge is 0.385 e. The molecule has 0 aromatic rings. The van der Waals surface area contributed by atoms with E-state index < -0.39 is 6.10 Å². The normalized spacial score (nSPS) is 21.8. The molecular formula is C7H13NO2. The van der Waals surface area contributed by atoms with Crippen molar-refractivity contribution in [3.05, 3.63) is 0 Å². The molecule has 0 saturated carbocycles. The van der Waals surface area contributed by atoms with Crippen LogP contribution in [0.25, 0.3) is 0 Å². The molecule has 0 radical (unpaired) electrons. The molecule has 0 aromatic carbocycles. The molecule has 1 unspecified atom stereocenters. The van der Waals surface area contributed by atoms with Crippen LogP contribution in [-0.2, 0) is 4.79 Å². The molecule has 10 heavy (non-hydrogen) atoms. The fourth-order valence-corrected chi connectivity index (χ4v) is 1.01. The molecule has 1 atom stereocenters. The summed E-state index contributed by atoms with van der Waals surface area (Å²) in [5.74, 6) is 0.138. The van der Waals surface area contributed by atoms with Crippen molar-refractivity contribution < 1.29 is 9.90 Å². The van der Waals surface area contributed by atoms with Crippen molar-refractivity contribution in [1.29, 1.82) is 0 Å². The van der Waals surface area contributed by atoms with Gasteiger partial charge in [-0.25, -0.2) is 0 Å². The minimum absolute atomic E-state index is 0.0356. The van der Waals surface area contributed by atoms with E-state index in [9.17, 15) is 9.90 Å². The fraction of sp³-hybridized carbons (Fsp3) is 0.857. The van der Waals surface area contributed by atoms with Gasteiger partial charge in [0.05, 0.1) is 0 Å². The van der Waals surface area contributed by atoms with Crippen molar-refractivity contribution in [3.8, 4) is 0 Å². The highest BCUT2D eigenvalue weighted by Gasteiger charge is 2.29. The molecule has 2 N–H and O–H groups in total. The van der Waals surface area contributed by atoms with Crippen LogP contribution in [0.3, 0.4) is 0 Å². The Morgan fingerprint density at radius 3 is 2.70 bits per heavy atom. The van der Waals surface area contributed by atoms with Crippen molar-refractivity contribution in [1.82, 2.24) is 5.32 Å². The Morgan fingerprint density at radius 2 is 2.40 bits per heavy atom. The van der Waals surface area contributed by atoms with Gasteiger partial charge in [0.2, 0.25) is 0 Å². The second kappa shape index (κ2) is 3.12. The minimum atomic E-state index is -0.716. The SMILES string of the molecule is CCC(=O)C(O)C1CNC1. The average molecular weight is 143 g/mol. The second-order valence-electron chi connectivity index (χ2n) is 2.68. The summed E-state index contributed by atoms with van der Waals surface area (Å²) >= 11 is 0. The number of hydrogen-bond acceptors (Lipinski definition) is 3. The average Bonchev–Trinajstić information content (AvgIpc) is 1.82. The number of carbonyl (C=O) groups excluding carboxylic acids is 1. The van der Waals surface area contributed by atoms with Gasteiger partial charge < -0.3 is 10.4 Å². The number of Topliss-reactive ketones (excluding diaryl/α,β-unsaturated/α-hetero) is 1. The smallest absolute Gasteiger partial charge is 0.161 e. The highest BCUT2D eigenvalue weighted by atomic mass is 16.3. The molecule has 0 bridgehead atoms. The van der Waals surface area contributed by atoms with E-state index in [2.05, 4.69) is 5.32 Å². The molecule has 0 aliphatic carbocycles. The van der Waals surface area contributed by atoms with Crippen LogP contribution in [0.5, 0.6) is 0 Å². The standard InChI is InChI=1S/C7H13NO2/c1-2-6(9)7(10)5-3-8-4-5/h5,7-8,10H,2-4H2,1H3. The summed E-state index contributed by atoms with van der Waals surface area (Å²) in [4.78, 5) is 10.9. The number of carbonyl (C=O) groups is 1.